The minimum Gasteiger partial charge on any atom is -0.309 e. The molecule has 272 valence electrons. The molecule has 0 aliphatic carbocycles. The lowest BCUT2D eigenvalue weighted by Gasteiger charge is -2.29. The molecule has 2 aromatic heterocycles. The quantitative estimate of drug-likeness (QED) is 0.158. The molecule has 0 aliphatic rings. The monoisotopic (exact) mass is 738 g/mol. The van der Waals surface area contributed by atoms with Crippen LogP contribution in [0.2, 0.25) is 0 Å². The molecule has 0 fully saturated rings. The summed E-state index contributed by atoms with van der Waals surface area (Å²) < 4.78 is 2.51. The Bertz CT molecular complexity index is 3250. The molecular weight excluding hydrogens is 701 g/mol. The number of fused-ring (bicyclic) bond motifs is 6. The maximum absolute atomic E-state index is 2.51. The minimum atomic E-state index is 1.10. The Hall–Kier alpha value is -7.68. The lowest BCUT2D eigenvalue weighted by atomic mass is 9.96. The average Bonchev–Trinajstić information content (AvgIpc) is 3.66. The van der Waals surface area contributed by atoms with Crippen molar-refractivity contribution in [2.75, 3.05) is 4.90 Å². The van der Waals surface area contributed by atoms with Crippen LogP contribution < -0.4 is 4.90 Å². The van der Waals surface area contributed by atoms with E-state index >= 15 is 0 Å². The standard InChI is InChI=1S/C56H38N2/c1-4-18-39(19-5-1)40-34-36-44(37-35-40)57(51-31-14-12-25-45(51)41-20-6-2-7-21-41)52-33-17-28-47-48(52)29-16-30-49(47)54-38-43-24-10-11-26-46(43)56-55(42-22-8-3-9-23-42)50-27-13-15-32-53(50)58(54)56/h1-38H. The average molecular weight is 739 g/mol. The van der Waals surface area contributed by atoms with Crippen molar-refractivity contribution >= 4 is 55.0 Å². The van der Waals surface area contributed by atoms with E-state index in [1.54, 1.807) is 0 Å². The summed E-state index contributed by atoms with van der Waals surface area (Å²) in [6, 6.07) is 83.6. The van der Waals surface area contributed by atoms with Crippen LogP contribution in [0.25, 0.3) is 82.6 Å². The van der Waals surface area contributed by atoms with E-state index in [9.17, 15) is 0 Å². The SMILES string of the molecule is c1ccc(-c2ccc(N(c3ccccc3-c3ccccc3)c3cccc4c(-c5cc6ccccc6c6c(-c7ccccc7)c7ccccc7n56)cccc34)cc2)cc1. The fraction of sp³-hybridized carbons (Fsp3) is 0. The summed E-state index contributed by atoms with van der Waals surface area (Å²) in [5.74, 6) is 0. The molecule has 11 aromatic rings. The van der Waals surface area contributed by atoms with Crippen molar-refractivity contribution in [3.63, 3.8) is 0 Å². The predicted molar refractivity (Wildman–Crippen MR) is 246 cm³/mol. The maximum atomic E-state index is 2.51. The molecule has 2 heterocycles. The molecule has 0 amide bonds. The first-order valence-corrected chi connectivity index (χ1v) is 19.9. The van der Waals surface area contributed by atoms with E-state index in [1.165, 1.54) is 82.6 Å². The van der Waals surface area contributed by atoms with Gasteiger partial charge in [-0.3, -0.25) is 0 Å². The number of anilines is 3. The smallest absolute Gasteiger partial charge is 0.0625 e. The third-order valence-electron chi connectivity index (χ3n) is 11.6. The van der Waals surface area contributed by atoms with Crippen LogP contribution >= 0.6 is 0 Å². The highest BCUT2D eigenvalue weighted by atomic mass is 15.1. The zero-order valence-corrected chi connectivity index (χ0v) is 31.8. The minimum absolute atomic E-state index is 1.10. The number of para-hydroxylation sites is 2. The third-order valence-corrected chi connectivity index (χ3v) is 11.6. The number of nitrogens with zero attached hydrogens (tertiary/aromatic N) is 2. The molecule has 0 saturated carbocycles. The van der Waals surface area contributed by atoms with Gasteiger partial charge in [-0.1, -0.05) is 194 Å². The fourth-order valence-electron chi connectivity index (χ4n) is 8.97. The van der Waals surface area contributed by atoms with Crippen LogP contribution in [0.4, 0.5) is 17.1 Å². The van der Waals surface area contributed by atoms with Gasteiger partial charge < -0.3 is 9.30 Å². The van der Waals surface area contributed by atoms with E-state index in [4.69, 9.17) is 0 Å². The molecule has 0 bridgehead atoms. The highest BCUT2D eigenvalue weighted by Gasteiger charge is 2.23. The van der Waals surface area contributed by atoms with Gasteiger partial charge in [0.1, 0.15) is 0 Å². The van der Waals surface area contributed by atoms with Crippen LogP contribution in [-0.2, 0) is 0 Å². The molecule has 9 aromatic carbocycles. The van der Waals surface area contributed by atoms with Crippen molar-refractivity contribution in [1.29, 1.82) is 0 Å². The van der Waals surface area contributed by atoms with Gasteiger partial charge in [0.15, 0.2) is 0 Å². The molecule has 2 nitrogen and oxygen atoms in total. The summed E-state index contributed by atoms with van der Waals surface area (Å²) >= 11 is 0. The first kappa shape index (κ1) is 33.6. The van der Waals surface area contributed by atoms with E-state index in [-0.39, 0.29) is 0 Å². The summed E-state index contributed by atoms with van der Waals surface area (Å²) in [7, 11) is 0. The maximum Gasteiger partial charge on any atom is 0.0625 e. The molecule has 0 aliphatic heterocycles. The van der Waals surface area contributed by atoms with Crippen molar-refractivity contribution in [2.24, 2.45) is 0 Å². The lowest BCUT2D eigenvalue weighted by molar-refractivity contribution is 1.27. The van der Waals surface area contributed by atoms with Gasteiger partial charge in [0, 0.05) is 38.5 Å². The number of hydrogen-bond donors (Lipinski definition) is 0. The van der Waals surface area contributed by atoms with Crippen molar-refractivity contribution in [3.05, 3.63) is 231 Å². The van der Waals surface area contributed by atoms with E-state index in [2.05, 4.69) is 240 Å². The van der Waals surface area contributed by atoms with Gasteiger partial charge in [-0.05, 0) is 69.4 Å². The Kier molecular flexibility index (Phi) is 8.19. The predicted octanol–water partition coefficient (Wildman–Crippen LogP) is 15.5. The summed E-state index contributed by atoms with van der Waals surface area (Å²) in [5.41, 5.74) is 15.3. The zero-order valence-electron chi connectivity index (χ0n) is 31.8. The molecular formula is C56H38N2. The van der Waals surface area contributed by atoms with Gasteiger partial charge in [-0.15, -0.1) is 0 Å². The van der Waals surface area contributed by atoms with Crippen LogP contribution in [-0.4, -0.2) is 4.40 Å². The van der Waals surface area contributed by atoms with Crippen LogP contribution in [0.5, 0.6) is 0 Å². The normalized spacial score (nSPS) is 11.4. The Morgan fingerprint density at radius 2 is 0.862 bits per heavy atom. The van der Waals surface area contributed by atoms with Crippen molar-refractivity contribution in [1.82, 2.24) is 4.40 Å². The van der Waals surface area contributed by atoms with Gasteiger partial charge in [-0.25, -0.2) is 0 Å². The van der Waals surface area contributed by atoms with Gasteiger partial charge in [0.05, 0.1) is 28.1 Å². The van der Waals surface area contributed by atoms with Crippen LogP contribution in [0, 0.1) is 0 Å². The second kappa shape index (κ2) is 14.1. The van der Waals surface area contributed by atoms with Crippen LogP contribution in [0.15, 0.2) is 231 Å². The second-order valence-corrected chi connectivity index (χ2v) is 14.9. The summed E-state index contributed by atoms with van der Waals surface area (Å²) in [5, 5.41) is 6.07. The number of hydrogen-bond acceptors (Lipinski definition) is 1. The van der Waals surface area contributed by atoms with E-state index in [0.717, 1.165) is 17.1 Å². The topological polar surface area (TPSA) is 7.65 Å². The highest BCUT2D eigenvalue weighted by Crippen LogP contribution is 2.47. The fourth-order valence-corrected chi connectivity index (χ4v) is 8.97. The molecule has 0 spiro atoms. The number of pyridine rings is 1. The first-order chi connectivity index (χ1) is 28.8. The van der Waals surface area contributed by atoms with Gasteiger partial charge in [0.25, 0.3) is 0 Å². The van der Waals surface area contributed by atoms with Crippen LogP contribution in [0.3, 0.4) is 0 Å². The molecule has 0 radical (unpaired) electrons. The molecule has 0 unspecified atom stereocenters. The zero-order chi connectivity index (χ0) is 38.4. The van der Waals surface area contributed by atoms with Gasteiger partial charge in [-0.2, -0.15) is 0 Å². The van der Waals surface area contributed by atoms with E-state index in [0.29, 0.717) is 0 Å². The number of aromatic nitrogens is 1. The summed E-state index contributed by atoms with van der Waals surface area (Å²) in [6.07, 6.45) is 0. The highest BCUT2D eigenvalue weighted by molar-refractivity contribution is 6.17. The summed E-state index contributed by atoms with van der Waals surface area (Å²) in [6.45, 7) is 0. The van der Waals surface area contributed by atoms with Gasteiger partial charge in [0.2, 0.25) is 0 Å². The van der Waals surface area contributed by atoms with Crippen molar-refractivity contribution in [3.8, 4) is 44.6 Å². The van der Waals surface area contributed by atoms with Gasteiger partial charge >= 0.3 is 0 Å². The first-order valence-electron chi connectivity index (χ1n) is 19.9. The van der Waals surface area contributed by atoms with Crippen LogP contribution in [0.1, 0.15) is 0 Å². The third kappa shape index (κ3) is 5.57. The van der Waals surface area contributed by atoms with Crippen molar-refractivity contribution in [2.45, 2.75) is 0 Å². The number of benzene rings is 9. The largest absolute Gasteiger partial charge is 0.309 e. The Morgan fingerprint density at radius 3 is 1.64 bits per heavy atom. The molecule has 0 N–H and O–H groups in total. The molecule has 0 atom stereocenters. The second-order valence-electron chi connectivity index (χ2n) is 14.9. The Balaban J connectivity index is 1.18. The Labute approximate surface area is 338 Å². The Morgan fingerprint density at radius 1 is 0.328 bits per heavy atom. The van der Waals surface area contributed by atoms with Crippen molar-refractivity contribution < 1.29 is 0 Å². The van der Waals surface area contributed by atoms with E-state index < -0.39 is 0 Å². The van der Waals surface area contributed by atoms with E-state index in [1.807, 2.05) is 0 Å². The number of rotatable bonds is 7. The molecule has 11 rings (SSSR count). The summed E-state index contributed by atoms with van der Waals surface area (Å²) in [4.78, 5) is 2.44. The molecule has 2 heteroatoms. The lowest BCUT2D eigenvalue weighted by Crippen LogP contribution is -2.12. The molecule has 58 heavy (non-hydrogen) atoms. The molecule has 0 saturated heterocycles.